The smallest absolute Gasteiger partial charge is 0.329 e. The Balaban J connectivity index is 2.31. The Morgan fingerprint density at radius 3 is 2.28 bits per heavy atom. The van der Waals surface area contributed by atoms with Gasteiger partial charge < -0.3 is 19.3 Å². The Hall–Kier alpha value is -2.96. The normalized spacial score (nSPS) is 13.8. The molecule has 0 saturated carbocycles. The van der Waals surface area contributed by atoms with E-state index >= 15 is 0 Å². The van der Waals surface area contributed by atoms with Crippen molar-refractivity contribution in [2.75, 3.05) is 32.3 Å². The van der Waals surface area contributed by atoms with Crippen LogP contribution in [0.1, 0.15) is 37.3 Å². The number of sulfone groups is 1. The Labute approximate surface area is 207 Å². The van der Waals surface area contributed by atoms with E-state index in [9.17, 15) is 27.1 Å². The van der Waals surface area contributed by atoms with E-state index in [1.165, 1.54) is 29.9 Å². The summed E-state index contributed by atoms with van der Waals surface area (Å²) in [5.74, 6) is 0.297. The van der Waals surface area contributed by atoms with E-state index in [-0.39, 0.29) is 23.2 Å². The first kappa shape index (κ1) is 27.6. The molecule has 1 heterocycles. The van der Waals surface area contributed by atoms with Gasteiger partial charge in [-0.05, 0) is 43.7 Å². The number of alkyl halides is 2. The molecular formula is C24H30F2N2O7S. The lowest BCUT2D eigenvalue weighted by atomic mass is 10.1. The lowest BCUT2D eigenvalue weighted by Gasteiger charge is -2.20. The first-order valence-corrected chi connectivity index (χ1v) is 13.4. The van der Waals surface area contributed by atoms with Crippen molar-refractivity contribution in [3.63, 3.8) is 0 Å². The van der Waals surface area contributed by atoms with E-state index in [2.05, 4.69) is 0 Å². The predicted octanol–water partition coefficient (Wildman–Crippen LogP) is 3.14. The second kappa shape index (κ2) is 11.4. The molecule has 2 aromatic carbocycles. The van der Waals surface area contributed by atoms with Crippen molar-refractivity contribution in [2.45, 2.75) is 39.1 Å². The fourth-order valence-electron chi connectivity index (χ4n) is 4.10. The van der Waals surface area contributed by atoms with Crippen molar-refractivity contribution >= 4 is 20.9 Å². The molecule has 198 valence electrons. The number of hydrogen-bond donors (Lipinski definition) is 1. The van der Waals surface area contributed by atoms with E-state index in [1.807, 2.05) is 0 Å². The summed E-state index contributed by atoms with van der Waals surface area (Å²) in [5, 5.41) is 10.2. The molecule has 36 heavy (non-hydrogen) atoms. The maximum atomic E-state index is 13.5. The standard InChI is InChI=1S/C24H30F2N2O7S/c1-5-34-21-12-15(8-10-20(21)33-3)19(14-36(4,31)32)28-17-9-7-16(23(29)35-6-2)11-18(17)27(24(28)30)13-22(25)26/h7-12,19,22-23,29H,5-6,13-14H2,1-4H3. The van der Waals surface area contributed by atoms with Crippen LogP contribution in [0.4, 0.5) is 8.78 Å². The van der Waals surface area contributed by atoms with E-state index in [1.54, 1.807) is 32.0 Å². The third kappa shape index (κ3) is 6.05. The third-order valence-electron chi connectivity index (χ3n) is 5.56. The topological polar surface area (TPSA) is 109 Å². The highest BCUT2D eigenvalue weighted by Gasteiger charge is 2.28. The molecular weight excluding hydrogens is 498 g/mol. The summed E-state index contributed by atoms with van der Waals surface area (Å²) in [4.78, 5) is 13.5. The number of nitrogens with zero attached hydrogens (tertiary/aromatic N) is 2. The summed E-state index contributed by atoms with van der Waals surface area (Å²) < 4.78 is 69.9. The zero-order valence-corrected chi connectivity index (χ0v) is 21.3. The van der Waals surface area contributed by atoms with Crippen molar-refractivity contribution < 1.29 is 36.5 Å². The molecule has 9 nitrogen and oxygen atoms in total. The molecule has 0 bridgehead atoms. The van der Waals surface area contributed by atoms with Gasteiger partial charge in [0.2, 0.25) is 0 Å². The van der Waals surface area contributed by atoms with Gasteiger partial charge in [0.25, 0.3) is 6.43 Å². The number of ether oxygens (including phenoxy) is 3. The van der Waals surface area contributed by atoms with Gasteiger partial charge in [-0.1, -0.05) is 12.1 Å². The summed E-state index contributed by atoms with van der Waals surface area (Å²) in [7, 11) is -2.18. The first-order chi connectivity index (χ1) is 17.0. The lowest BCUT2D eigenvalue weighted by Crippen LogP contribution is -2.32. The highest BCUT2D eigenvalue weighted by molar-refractivity contribution is 7.90. The summed E-state index contributed by atoms with van der Waals surface area (Å²) in [6.45, 7) is 3.08. The van der Waals surface area contributed by atoms with Crippen LogP contribution in [0.3, 0.4) is 0 Å². The quantitative estimate of drug-likeness (QED) is 0.360. The molecule has 12 heteroatoms. The molecule has 0 aliphatic rings. The van der Waals surface area contributed by atoms with Gasteiger partial charge in [-0.15, -0.1) is 0 Å². The predicted molar refractivity (Wildman–Crippen MR) is 131 cm³/mol. The Morgan fingerprint density at radius 1 is 1.00 bits per heavy atom. The van der Waals surface area contributed by atoms with Crippen LogP contribution in [0.5, 0.6) is 11.5 Å². The molecule has 0 spiro atoms. The van der Waals surface area contributed by atoms with E-state index in [0.29, 0.717) is 23.7 Å². The molecule has 2 atom stereocenters. The number of fused-ring (bicyclic) bond motifs is 1. The van der Waals surface area contributed by atoms with E-state index in [4.69, 9.17) is 14.2 Å². The van der Waals surface area contributed by atoms with Gasteiger partial charge in [0.05, 0.1) is 43.1 Å². The van der Waals surface area contributed by atoms with Gasteiger partial charge >= 0.3 is 5.69 Å². The third-order valence-corrected chi connectivity index (χ3v) is 6.48. The maximum absolute atomic E-state index is 13.5. The van der Waals surface area contributed by atoms with Crippen LogP contribution in [0.2, 0.25) is 0 Å². The van der Waals surface area contributed by atoms with Gasteiger partial charge in [-0.25, -0.2) is 22.0 Å². The monoisotopic (exact) mass is 528 g/mol. The lowest BCUT2D eigenvalue weighted by molar-refractivity contribution is -0.0979. The largest absolute Gasteiger partial charge is 0.493 e. The van der Waals surface area contributed by atoms with Crippen LogP contribution in [0.25, 0.3) is 11.0 Å². The molecule has 1 N–H and O–H groups in total. The van der Waals surface area contributed by atoms with Crippen molar-refractivity contribution in [1.29, 1.82) is 0 Å². The number of aromatic nitrogens is 2. The number of methoxy groups -OCH3 is 1. The number of rotatable bonds is 12. The average Bonchev–Trinajstić information content (AvgIpc) is 3.07. The number of halogens is 2. The summed E-state index contributed by atoms with van der Waals surface area (Å²) in [6.07, 6.45) is -3.13. The highest BCUT2D eigenvalue weighted by Crippen LogP contribution is 2.33. The minimum Gasteiger partial charge on any atom is -0.493 e. The number of hydrogen-bond acceptors (Lipinski definition) is 7. The van der Waals surface area contributed by atoms with Crippen molar-refractivity contribution in [1.82, 2.24) is 9.13 Å². The van der Waals surface area contributed by atoms with Crippen LogP contribution in [0, 0.1) is 0 Å². The Morgan fingerprint density at radius 2 is 1.69 bits per heavy atom. The fraction of sp³-hybridized carbons (Fsp3) is 0.458. The molecule has 0 aliphatic carbocycles. The summed E-state index contributed by atoms with van der Waals surface area (Å²) in [5.41, 5.74) is 0.230. The average molecular weight is 529 g/mol. The summed E-state index contributed by atoms with van der Waals surface area (Å²) >= 11 is 0. The Bertz CT molecular complexity index is 1370. The number of benzene rings is 2. The number of aliphatic hydroxyl groups excluding tert-OH is 1. The maximum Gasteiger partial charge on any atom is 0.329 e. The van der Waals surface area contributed by atoms with Gasteiger partial charge in [0, 0.05) is 18.4 Å². The molecule has 1 aromatic heterocycles. The van der Waals surface area contributed by atoms with Crippen LogP contribution in [-0.2, 0) is 21.1 Å². The van der Waals surface area contributed by atoms with Crippen molar-refractivity contribution in [3.8, 4) is 11.5 Å². The van der Waals surface area contributed by atoms with Crippen LogP contribution in [0.15, 0.2) is 41.2 Å². The molecule has 0 amide bonds. The molecule has 2 unspecified atom stereocenters. The van der Waals surface area contributed by atoms with Crippen molar-refractivity contribution in [3.05, 3.63) is 58.0 Å². The van der Waals surface area contributed by atoms with Gasteiger partial charge in [0.15, 0.2) is 17.8 Å². The van der Waals surface area contributed by atoms with Gasteiger partial charge in [-0.2, -0.15) is 0 Å². The Kier molecular flexibility index (Phi) is 8.75. The van der Waals surface area contributed by atoms with E-state index in [0.717, 1.165) is 10.8 Å². The summed E-state index contributed by atoms with van der Waals surface area (Å²) in [6, 6.07) is 8.10. The molecule has 0 radical (unpaired) electrons. The molecule has 0 fully saturated rings. The van der Waals surface area contributed by atoms with Gasteiger partial charge in [0.1, 0.15) is 9.84 Å². The molecule has 0 saturated heterocycles. The SMILES string of the molecule is CCOc1cc(C(CS(C)(=O)=O)n2c(=O)n(CC(F)F)c3cc(C(O)OCC)ccc32)ccc1OC. The van der Waals surface area contributed by atoms with E-state index < -0.39 is 46.6 Å². The van der Waals surface area contributed by atoms with Crippen LogP contribution < -0.4 is 15.2 Å². The zero-order chi connectivity index (χ0) is 26.6. The molecule has 0 aliphatic heterocycles. The second-order valence-corrected chi connectivity index (χ2v) is 10.3. The minimum atomic E-state index is -3.64. The van der Waals surface area contributed by atoms with Gasteiger partial charge in [-0.3, -0.25) is 9.13 Å². The number of aliphatic hydroxyl groups is 1. The fourth-order valence-corrected chi connectivity index (χ4v) is 5.01. The molecule has 3 aromatic rings. The van der Waals surface area contributed by atoms with Crippen molar-refractivity contribution in [2.24, 2.45) is 0 Å². The highest BCUT2D eigenvalue weighted by atomic mass is 32.2. The van der Waals surface area contributed by atoms with Crippen LogP contribution in [-0.4, -0.2) is 61.4 Å². The van der Waals surface area contributed by atoms with Crippen LogP contribution >= 0.6 is 0 Å². The first-order valence-electron chi connectivity index (χ1n) is 11.3. The number of imidazole rings is 1. The zero-order valence-electron chi connectivity index (χ0n) is 20.5. The molecule has 3 rings (SSSR count). The minimum absolute atomic E-state index is 0.119. The second-order valence-electron chi connectivity index (χ2n) is 8.16.